The Morgan fingerprint density at radius 1 is 1.40 bits per heavy atom. The normalized spacial score (nSPS) is 15.6. The Kier molecular flexibility index (Phi) is 5.25. The van der Waals surface area contributed by atoms with E-state index in [0.29, 0.717) is 24.1 Å². The van der Waals surface area contributed by atoms with E-state index in [1.165, 1.54) is 38.1 Å². The third-order valence-electron chi connectivity index (χ3n) is 3.73. The van der Waals surface area contributed by atoms with Crippen molar-refractivity contribution in [2.75, 3.05) is 25.6 Å². The van der Waals surface area contributed by atoms with Gasteiger partial charge in [0.05, 0.1) is 12.4 Å². The SMILES string of the molecule is CN(CCNC(=O)c1cnc(NN)cn1)C1CCCC1. The van der Waals surface area contributed by atoms with Gasteiger partial charge in [0.1, 0.15) is 5.69 Å². The summed E-state index contributed by atoms with van der Waals surface area (Å²) in [7, 11) is 2.11. The summed E-state index contributed by atoms with van der Waals surface area (Å²) in [4.78, 5) is 22.1. The van der Waals surface area contributed by atoms with Crippen molar-refractivity contribution in [3.05, 3.63) is 18.1 Å². The Bertz CT molecular complexity index is 429. The fraction of sp³-hybridized carbons (Fsp3) is 0.615. The molecule has 1 aliphatic carbocycles. The van der Waals surface area contributed by atoms with Gasteiger partial charge in [0.15, 0.2) is 5.82 Å². The van der Waals surface area contributed by atoms with Crippen molar-refractivity contribution in [1.82, 2.24) is 20.2 Å². The molecule has 110 valence electrons. The summed E-state index contributed by atoms with van der Waals surface area (Å²) in [5, 5.41) is 2.86. The van der Waals surface area contributed by atoms with Crippen LogP contribution in [0, 0.1) is 0 Å². The van der Waals surface area contributed by atoms with Crippen LogP contribution < -0.4 is 16.6 Å². The molecule has 0 spiro atoms. The zero-order valence-electron chi connectivity index (χ0n) is 11.8. The monoisotopic (exact) mass is 278 g/mol. The molecule has 0 unspecified atom stereocenters. The lowest BCUT2D eigenvalue weighted by molar-refractivity contribution is 0.0942. The zero-order chi connectivity index (χ0) is 14.4. The summed E-state index contributed by atoms with van der Waals surface area (Å²) < 4.78 is 0. The number of hydrazine groups is 1. The van der Waals surface area contributed by atoms with E-state index >= 15 is 0 Å². The van der Waals surface area contributed by atoms with Crippen LogP contribution in [0.3, 0.4) is 0 Å². The van der Waals surface area contributed by atoms with Crippen molar-refractivity contribution in [1.29, 1.82) is 0 Å². The van der Waals surface area contributed by atoms with Gasteiger partial charge in [0.25, 0.3) is 5.91 Å². The van der Waals surface area contributed by atoms with Crippen molar-refractivity contribution in [2.45, 2.75) is 31.7 Å². The van der Waals surface area contributed by atoms with Gasteiger partial charge in [0.2, 0.25) is 0 Å². The molecule has 1 saturated carbocycles. The number of carbonyl (C=O) groups excluding carboxylic acids is 1. The average molecular weight is 278 g/mol. The van der Waals surface area contributed by atoms with Crippen LogP contribution in [0.4, 0.5) is 5.82 Å². The molecule has 1 aromatic rings. The van der Waals surface area contributed by atoms with Crippen LogP contribution in [0.2, 0.25) is 0 Å². The quantitative estimate of drug-likeness (QED) is 0.514. The molecule has 0 atom stereocenters. The molecule has 2 rings (SSSR count). The van der Waals surface area contributed by atoms with Gasteiger partial charge in [-0.05, 0) is 19.9 Å². The van der Waals surface area contributed by atoms with Gasteiger partial charge in [-0.2, -0.15) is 0 Å². The molecular weight excluding hydrogens is 256 g/mol. The van der Waals surface area contributed by atoms with E-state index in [1.807, 2.05) is 0 Å². The lowest BCUT2D eigenvalue weighted by Crippen LogP contribution is -2.37. The predicted molar refractivity (Wildman–Crippen MR) is 77.1 cm³/mol. The topological polar surface area (TPSA) is 96.2 Å². The Hall–Kier alpha value is -1.73. The molecule has 1 amide bonds. The van der Waals surface area contributed by atoms with Crippen LogP contribution in [-0.2, 0) is 0 Å². The van der Waals surface area contributed by atoms with Crippen LogP contribution in [0.5, 0.6) is 0 Å². The van der Waals surface area contributed by atoms with E-state index in [2.05, 4.69) is 32.7 Å². The zero-order valence-corrected chi connectivity index (χ0v) is 11.8. The Labute approximate surface area is 118 Å². The first-order chi connectivity index (χ1) is 9.70. The second kappa shape index (κ2) is 7.16. The molecule has 1 fully saturated rings. The van der Waals surface area contributed by atoms with Gasteiger partial charge in [-0.25, -0.2) is 15.8 Å². The highest BCUT2D eigenvalue weighted by Gasteiger charge is 2.19. The summed E-state index contributed by atoms with van der Waals surface area (Å²) in [6.45, 7) is 1.47. The van der Waals surface area contributed by atoms with Gasteiger partial charge in [-0.3, -0.25) is 4.79 Å². The maximum absolute atomic E-state index is 11.9. The fourth-order valence-electron chi connectivity index (χ4n) is 2.48. The lowest BCUT2D eigenvalue weighted by Gasteiger charge is -2.23. The van der Waals surface area contributed by atoms with E-state index in [1.54, 1.807) is 0 Å². The Morgan fingerprint density at radius 3 is 2.75 bits per heavy atom. The number of aromatic nitrogens is 2. The number of nitrogens with two attached hydrogens (primary N) is 1. The van der Waals surface area contributed by atoms with Crippen molar-refractivity contribution in [2.24, 2.45) is 5.84 Å². The smallest absolute Gasteiger partial charge is 0.271 e. The minimum absolute atomic E-state index is 0.208. The first-order valence-corrected chi connectivity index (χ1v) is 6.98. The Morgan fingerprint density at radius 2 is 2.15 bits per heavy atom. The molecule has 0 radical (unpaired) electrons. The highest BCUT2D eigenvalue weighted by atomic mass is 16.1. The molecular formula is C13H22N6O. The summed E-state index contributed by atoms with van der Waals surface area (Å²) in [6, 6.07) is 0.668. The van der Waals surface area contributed by atoms with Crippen LogP contribution >= 0.6 is 0 Å². The molecule has 0 aromatic carbocycles. The van der Waals surface area contributed by atoms with E-state index in [4.69, 9.17) is 5.84 Å². The minimum Gasteiger partial charge on any atom is -0.349 e. The summed E-state index contributed by atoms with van der Waals surface area (Å²) >= 11 is 0. The largest absolute Gasteiger partial charge is 0.349 e. The third kappa shape index (κ3) is 3.88. The molecule has 7 heteroatoms. The molecule has 20 heavy (non-hydrogen) atoms. The molecule has 0 saturated heterocycles. The van der Waals surface area contributed by atoms with Gasteiger partial charge >= 0.3 is 0 Å². The number of rotatable bonds is 6. The Balaban J connectivity index is 1.73. The average Bonchev–Trinajstić information content (AvgIpc) is 3.01. The molecule has 7 nitrogen and oxygen atoms in total. The first kappa shape index (κ1) is 14.7. The van der Waals surface area contributed by atoms with Gasteiger partial charge < -0.3 is 15.6 Å². The number of nitrogens with zero attached hydrogens (tertiary/aromatic N) is 3. The van der Waals surface area contributed by atoms with E-state index in [0.717, 1.165) is 6.54 Å². The number of hydrogen-bond acceptors (Lipinski definition) is 6. The lowest BCUT2D eigenvalue weighted by atomic mass is 10.2. The van der Waals surface area contributed by atoms with Crippen molar-refractivity contribution >= 4 is 11.7 Å². The predicted octanol–water partition coefficient (Wildman–Crippen LogP) is 0.366. The standard InChI is InChI=1S/C13H22N6O/c1-19(10-4-2-3-5-10)7-6-15-13(20)11-8-17-12(18-14)9-16-11/h8-10H,2-7,14H2,1H3,(H,15,20)(H,17,18). The van der Waals surface area contributed by atoms with E-state index in [9.17, 15) is 4.79 Å². The molecule has 0 aliphatic heterocycles. The summed E-state index contributed by atoms with van der Waals surface area (Å²) in [5.41, 5.74) is 2.67. The molecule has 0 bridgehead atoms. The molecule has 4 N–H and O–H groups in total. The van der Waals surface area contributed by atoms with Crippen LogP contribution in [0.1, 0.15) is 36.2 Å². The van der Waals surface area contributed by atoms with Crippen LogP contribution in [0.15, 0.2) is 12.4 Å². The highest BCUT2D eigenvalue weighted by Crippen LogP contribution is 2.21. The van der Waals surface area contributed by atoms with E-state index in [-0.39, 0.29) is 5.91 Å². The number of nitrogens with one attached hydrogen (secondary N) is 2. The maximum atomic E-state index is 11.9. The second-order valence-electron chi connectivity index (χ2n) is 5.11. The second-order valence-corrected chi connectivity index (χ2v) is 5.11. The summed E-state index contributed by atoms with van der Waals surface area (Å²) in [6.07, 6.45) is 8.01. The number of hydrogen-bond donors (Lipinski definition) is 3. The number of nitrogen functional groups attached to an aromatic ring is 1. The number of anilines is 1. The van der Waals surface area contributed by atoms with Crippen LogP contribution in [-0.4, -0.2) is 47.0 Å². The number of amides is 1. The van der Waals surface area contributed by atoms with Crippen LogP contribution in [0.25, 0.3) is 0 Å². The van der Waals surface area contributed by atoms with Gasteiger partial charge in [-0.1, -0.05) is 12.8 Å². The minimum atomic E-state index is -0.208. The maximum Gasteiger partial charge on any atom is 0.271 e. The fourth-order valence-corrected chi connectivity index (χ4v) is 2.48. The molecule has 1 aliphatic rings. The highest BCUT2D eigenvalue weighted by molar-refractivity contribution is 5.91. The third-order valence-corrected chi connectivity index (χ3v) is 3.73. The molecule has 1 aromatic heterocycles. The van der Waals surface area contributed by atoms with Gasteiger partial charge in [-0.15, -0.1) is 0 Å². The van der Waals surface area contributed by atoms with Crippen molar-refractivity contribution < 1.29 is 4.79 Å². The number of likely N-dealkylation sites (N-methyl/N-ethyl adjacent to an activating group) is 1. The number of carbonyl (C=O) groups is 1. The first-order valence-electron chi connectivity index (χ1n) is 6.98. The molecule has 1 heterocycles. The summed E-state index contributed by atoms with van der Waals surface area (Å²) in [5.74, 6) is 5.42. The van der Waals surface area contributed by atoms with Gasteiger partial charge in [0, 0.05) is 19.1 Å². The van der Waals surface area contributed by atoms with Crippen molar-refractivity contribution in [3.8, 4) is 0 Å². The van der Waals surface area contributed by atoms with Crippen molar-refractivity contribution in [3.63, 3.8) is 0 Å². The van der Waals surface area contributed by atoms with E-state index < -0.39 is 0 Å².